The van der Waals surface area contributed by atoms with Gasteiger partial charge >= 0.3 is 0 Å². The number of anilines is 1. The van der Waals surface area contributed by atoms with Gasteiger partial charge in [0.1, 0.15) is 28.8 Å². The standard InChI is InChI=1S/C21H21N3O3/c22-16-5-1-2-7-19(16)27-15-10-12-24(13-11-15)21(26)17-9-8-14-4-3-6-18(25)20(14)23-17/h1-9,15,25H,10-13,22H2. The van der Waals surface area contributed by atoms with Gasteiger partial charge in [0, 0.05) is 31.3 Å². The molecule has 3 N–H and O–H groups in total. The number of para-hydroxylation sites is 3. The van der Waals surface area contributed by atoms with Gasteiger partial charge in [-0.1, -0.05) is 30.3 Å². The summed E-state index contributed by atoms with van der Waals surface area (Å²) in [5.41, 5.74) is 7.34. The van der Waals surface area contributed by atoms with Gasteiger partial charge in [0.15, 0.2) is 0 Å². The molecular formula is C21H21N3O3. The fourth-order valence-electron chi connectivity index (χ4n) is 3.36. The molecule has 2 aromatic carbocycles. The topological polar surface area (TPSA) is 88.7 Å². The van der Waals surface area contributed by atoms with E-state index in [0.29, 0.717) is 35.7 Å². The Morgan fingerprint density at radius 3 is 2.63 bits per heavy atom. The number of ether oxygens (including phenoxy) is 1. The number of pyridine rings is 1. The van der Waals surface area contributed by atoms with E-state index in [9.17, 15) is 9.90 Å². The number of likely N-dealkylation sites (tertiary alicyclic amines) is 1. The van der Waals surface area contributed by atoms with Crippen molar-refractivity contribution >= 4 is 22.5 Å². The van der Waals surface area contributed by atoms with Crippen LogP contribution in [0.5, 0.6) is 11.5 Å². The molecule has 138 valence electrons. The first-order valence-electron chi connectivity index (χ1n) is 9.01. The van der Waals surface area contributed by atoms with Crippen molar-refractivity contribution in [3.8, 4) is 11.5 Å². The molecule has 1 aliphatic heterocycles. The van der Waals surface area contributed by atoms with Gasteiger partial charge in [0.05, 0.1) is 5.69 Å². The van der Waals surface area contributed by atoms with Crippen LogP contribution in [0.4, 0.5) is 5.69 Å². The number of aromatic hydroxyl groups is 1. The Kier molecular flexibility index (Phi) is 4.54. The summed E-state index contributed by atoms with van der Waals surface area (Å²) in [4.78, 5) is 18.9. The second-order valence-electron chi connectivity index (χ2n) is 6.69. The zero-order valence-electron chi connectivity index (χ0n) is 14.8. The van der Waals surface area contributed by atoms with Crippen molar-refractivity contribution in [1.82, 2.24) is 9.88 Å². The van der Waals surface area contributed by atoms with Crippen LogP contribution in [0.3, 0.4) is 0 Å². The Morgan fingerprint density at radius 1 is 1.07 bits per heavy atom. The molecule has 1 aromatic heterocycles. The number of rotatable bonds is 3. The maximum atomic E-state index is 12.8. The fraction of sp³-hybridized carbons (Fsp3) is 0.238. The lowest BCUT2D eigenvalue weighted by Crippen LogP contribution is -2.42. The molecule has 1 aliphatic rings. The van der Waals surface area contributed by atoms with Gasteiger partial charge in [-0.2, -0.15) is 0 Å². The highest BCUT2D eigenvalue weighted by Gasteiger charge is 2.26. The zero-order chi connectivity index (χ0) is 18.8. The number of benzene rings is 2. The second-order valence-corrected chi connectivity index (χ2v) is 6.69. The summed E-state index contributed by atoms with van der Waals surface area (Å²) in [5, 5.41) is 10.8. The molecular weight excluding hydrogens is 342 g/mol. The number of nitrogens with zero attached hydrogens (tertiary/aromatic N) is 2. The number of fused-ring (bicyclic) bond motifs is 1. The van der Waals surface area contributed by atoms with E-state index in [4.69, 9.17) is 10.5 Å². The summed E-state index contributed by atoms with van der Waals surface area (Å²) >= 11 is 0. The van der Waals surface area contributed by atoms with Gasteiger partial charge in [-0.25, -0.2) is 4.98 Å². The predicted octanol–water partition coefficient (Wildman–Crippen LogP) is 3.21. The van der Waals surface area contributed by atoms with Crippen LogP contribution in [0, 0.1) is 0 Å². The van der Waals surface area contributed by atoms with Gasteiger partial charge in [-0.3, -0.25) is 4.79 Å². The van der Waals surface area contributed by atoms with Crippen LogP contribution in [-0.2, 0) is 0 Å². The largest absolute Gasteiger partial charge is 0.506 e. The molecule has 0 saturated carbocycles. The third kappa shape index (κ3) is 3.51. The number of nitrogen functional groups attached to an aromatic ring is 1. The van der Waals surface area contributed by atoms with E-state index in [1.165, 1.54) is 0 Å². The maximum absolute atomic E-state index is 12.8. The van der Waals surface area contributed by atoms with Crippen LogP contribution >= 0.6 is 0 Å². The molecule has 0 aliphatic carbocycles. The fourth-order valence-corrected chi connectivity index (χ4v) is 3.36. The summed E-state index contributed by atoms with van der Waals surface area (Å²) in [6, 6.07) is 16.1. The van der Waals surface area contributed by atoms with E-state index in [1.807, 2.05) is 36.4 Å². The number of hydrogen-bond donors (Lipinski definition) is 2. The third-order valence-electron chi connectivity index (χ3n) is 4.86. The van der Waals surface area contributed by atoms with E-state index in [1.54, 1.807) is 23.1 Å². The highest BCUT2D eigenvalue weighted by atomic mass is 16.5. The first kappa shape index (κ1) is 17.1. The van der Waals surface area contributed by atoms with Crippen molar-refractivity contribution in [2.75, 3.05) is 18.8 Å². The Labute approximate surface area is 157 Å². The summed E-state index contributed by atoms with van der Waals surface area (Å²) in [6.45, 7) is 1.19. The first-order valence-corrected chi connectivity index (χ1v) is 9.01. The molecule has 1 saturated heterocycles. The van der Waals surface area contributed by atoms with E-state index >= 15 is 0 Å². The quantitative estimate of drug-likeness (QED) is 0.698. The molecule has 27 heavy (non-hydrogen) atoms. The van der Waals surface area contributed by atoms with Crippen LogP contribution in [-0.4, -0.2) is 40.1 Å². The molecule has 1 amide bonds. The smallest absolute Gasteiger partial charge is 0.272 e. The van der Waals surface area contributed by atoms with Crippen molar-refractivity contribution in [2.24, 2.45) is 0 Å². The summed E-state index contributed by atoms with van der Waals surface area (Å²) in [6.07, 6.45) is 1.50. The number of aromatic nitrogens is 1. The predicted molar refractivity (Wildman–Crippen MR) is 104 cm³/mol. The first-order chi connectivity index (χ1) is 13.1. The van der Waals surface area contributed by atoms with Crippen LogP contribution < -0.4 is 10.5 Å². The minimum atomic E-state index is -0.127. The maximum Gasteiger partial charge on any atom is 0.272 e. The number of hydrogen-bond acceptors (Lipinski definition) is 5. The second kappa shape index (κ2) is 7.15. The number of carbonyl (C=O) groups excluding carboxylic acids is 1. The molecule has 3 aromatic rings. The molecule has 0 radical (unpaired) electrons. The van der Waals surface area contributed by atoms with Crippen molar-refractivity contribution in [3.05, 3.63) is 60.3 Å². The average Bonchev–Trinajstić information content (AvgIpc) is 2.70. The highest BCUT2D eigenvalue weighted by molar-refractivity contribution is 5.96. The van der Waals surface area contributed by atoms with Gasteiger partial charge in [0.25, 0.3) is 5.91 Å². The SMILES string of the molecule is Nc1ccccc1OC1CCN(C(=O)c2ccc3cccc(O)c3n2)CC1. The molecule has 1 fully saturated rings. The summed E-state index contributed by atoms with van der Waals surface area (Å²) in [5.74, 6) is 0.640. The van der Waals surface area contributed by atoms with E-state index < -0.39 is 0 Å². The molecule has 2 heterocycles. The molecule has 6 nitrogen and oxygen atoms in total. The van der Waals surface area contributed by atoms with Gasteiger partial charge in [-0.05, 0) is 24.3 Å². The van der Waals surface area contributed by atoms with E-state index in [2.05, 4.69) is 4.98 Å². The normalized spacial score (nSPS) is 15.0. The number of piperidine rings is 1. The minimum absolute atomic E-state index is 0.0346. The van der Waals surface area contributed by atoms with E-state index in [-0.39, 0.29) is 17.8 Å². The third-order valence-corrected chi connectivity index (χ3v) is 4.86. The minimum Gasteiger partial charge on any atom is -0.506 e. The van der Waals surface area contributed by atoms with Gasteiger partial charge in [-0.15, -0.1) is 0 Å². The molecule has 6 heteroatoms. The van der Waals surface area contributed by atoms with E-state index in [0.717, 1.165) is 18.2 Å². The number of carbonyl (C=O) groups is 1. The number of amides is 1. The Balaban J connectivity index is 1.43. The van der Waals surface area contributed by atoms with Crippen LogP contribution in [0.15, 0.2) is 54.6 Å². The monoisotopic (exact) mass is 363 g/mol. The van der Waals surface area contributed by atoms with Crippen LogP contribution in [0.25, 0.3) is 10.9 Å². The molecule has 0 bridgehead atoms. The highest BCUT2D eigenvalue weighted by Crippen LogP contribution is 2.26. The zero-order valence-corrected chi connectivity index (χ0v) is 14.8. The summed E-state index contributed by atoms with van der Waals surface area (Å²) in [7, 11) is 0. The van der Waals surface area contributed by atoms with Gasteiger partial charge in [0.2, 0.25) is 0 Å². The number of nitrogens with two attached hydrogens (primary N) is 1. The van der Waals surface area contributed by atoms with Crippen molar-refractivity contribution in [2.45, 2.75) is 18.9 Å². The summed E-state index contributed by atoms with van der Waals surface area (Å²) < 4.78 is 5.98. The Morgan fingerprint density at radius 2 is 1.85 bits per heavy atom. The average molecular weight is 363 g/mol. The van der Waals surface area contributed by atoms with Crippen molar-refractivity contribution in [1.29, 1.82) is 0 Å². The Bertz CT molecular complexity index is 981. The van der Waals surface area contributed by atoms with Crippen LogP contribution in [0.1, 0.15) is 23.3 Å². The lowest BCUT2D eigenvalue weighted by atomic mass is 10.1. The van der Waals surface area contributed by atoms with Crippen LogP contribution in [0.2, 0.25) is 0 Å². The molecule has 0 spiro atoms. The van der Waals surface area contributed by atoms with Crippen molar-refractivity contribution in [3.63, 3.8) is 0 Å². The lowest BCUT2D eigenvalue weighted by Gasteiger charge is -2.32. The number of phenols is 1. The molecule has 0 atom stereocenters. The number of phenolic OH excluding ortho intramolecular Hbond substituents is 1. The van der Waals surface area contributed by atoms with Crippen molar-refractivity contribution < 1.29 is 14.6 Å². The molecule has 4 rings (SSSR count). The van der Waals surface area contributed by atoms with Gasteiger partial charge < -0.3 is 20.5 Å². The molecule has 0 unspecified atom stereocenters. The lowest BCUT2D eigenvalue weighted by molar-refractivity contribution is 0.0591. The Hall–Kier alpha value is -3.28.